The molecule has 32 heavy (non-hydrogen) atoms. The van der Waals surface area contributed by atoms with Crippen LogP contribution in [0.15, 0.2) is 30.3 Å². The zero-order valence-corrected chi connectivity index (χ0v) is 20.0. The summed E-state index contributed by atoms with van der Waals surface area (Å²) in [5, 5.41) is 9.77. The van der Waals surface area contributed by atoms with E-state index in [1.807, 2.05) is 0 Å². The number of hydrogen-bond acceptors (Lipinski definition) is 11. The van der Waals surface area contributed by atoms with Crippen molar-refractivity contribution in [2.45, 2.75) is 0 Å². The summed E-state index contributed by atoms with van der Waals surface area (Å²) in [7, 11) is 5.63. The minimum Gasteiger partial charge on any atom is -1.00 e. The summed E-state index contributed by atoms with van der Waals surface area (Å²) in [4.78, 5) is 28.1. The number of rotatable bonds is 9. The van der Waals surface area contributed by atoms with E-state index in [2.05, 4.69) is 19.9 Å². The van der Waals surface area contributed by atoms with Gasteiger partial charge in [0.05, 0.1) is 40.6 Å². The van der Waals surface area contributed by atoms with Crippen LogP contribution in [0.3, 0.4) is 0 Å². The van der Waals surface area contributed by atoms with E-state index in [0.717, 1.165) is 0 Å². The molecule has 0 saturated heterocycles. The third kappa shape index (κ3) is 5.87. The molecule has 3 rings (SSSR count). The molecule has 1 N–H and O–H groups in total. The molecule has 0 bridgehead atoms. The standard InChI is InChI=1S/C19H18N4O8.Na.H/c1-26-12-8-13(27-2)21-18(20-12)30-10-6-5-7-11(16(10)17(24)25)31-19-22-14(28-3)9-15(23-19)29-4;;/h5-9H,1-4H3,(H,24,25);;/q;+1;-1. The molecule has 0 atom stereocenters. The summed E-state index contributed by atoms with van der Waals surface area (Å²) in [6.07, 6.45) is 0. The van der Waals surface area contributed by atoms with Crippen LogP contribution in [0.1, 0.15) is 11.8 Å². The molecule has 0 saturated carbocycles. The fourth-order valence-corrected chi connectivity index (χ4v) is 2.37. The average Bonchev–Trinajstić information content (AvgIpc) is 2.78. The van der Waals surface area contributed by atoms with E-state index in [9.17, 15) is 9.90 Å². The number of methoxy groups -OCH3 is 4. The van der Waals surface area contributed by atoms with Crippen LogP contribution < -0.4 is 58.0 Å². The molecule has 12 nitrogen and oxygen atoms in total. The summed E-state index contributed by atoms with van der Waals surface area (Å²) in [5.74, 6) is -0.822. The smallest absolute Gasteiger partial charge is 1.00 e. The van der Waals surface area contributed by atoms with Gasteiger partial charge in [0, 0.05) is 0 Å². The first-order chi connectivity index (χ1) is 15.0. The maximum absolute atomic E-state index is 12.0. The molecule has 164 valence electrons. The Morgan fingerprint density at radius 1 is 0.750 bits per heavy atom. The molecule has 1 aromatic carbocycles. The summed E-state index contributed by atoms with van der Waals surface area (Å²) >= 11 is 0. The summed E-state index contributed by atoms with van der Waals surface area (Å²) in [6, 6.07) is 6.87. The number of carboxylic acid groups (broad SMARTS) is 1. The second kappa shape index (κ2) is 11.3. The van der Waals surface area contributed by atoms with E-state index in [-0.39, 0.29) is 83.6 Å². The quantitative estimate of drug-likeness (QED) is 0.424. The Morgan fingerprint density at radius 3 is 1.38 bits per heavy atom. The summed E-state index contributed by atoms with van der Waals surface area (Å²) in [5.41, 5.74) is -0.307. The maximum Gasteiger partial charge on any atom is 1.00 e. The summed E-state index contributed by atoms with van der Waals surface area (Å²) in [6.45, 7) is 0. The van der Waals surface area contributed by atoms with Gasteiger partial charge in [-0.25, -0.2) is 4.79 Å². The van der Waals surface area contributed by atoms with Gasteiger partial charge in [-0.05, 0) is 12.1 Å². The van der Waals surface area contributed by atoms with E-state index in [1.165, 1.54) is 58.8 Å². The molecule has 0 unspecified atom stereocenters. The fourth-order valence-electron chi connectivity index (χ4n) is 2.37. The van der Waals surface area contributed by atoms with Gasteiger partial charge >= 0.3 is 47.5 Å². The van der Waals surface area contributed by atoms with Gasteiger partial charge in [-0.2, -0.15) is 19.9 Å². The number of carboxylic acids is 1. The molecule has 0 radical (unpaired) electrons. The molecule has 0 aliphatic heterocycles. The molecule has 0 fully saturated rings. The molecule has 3 aromatic rings. The van der Waals surface area contributed by atoms with Crippen LogP contribution in [0.4, 0.5) is 0 Å². The zero-order valence-electron chi connectivity index (χ0n) is 19.0. The predicted molar refractivity (Wildman–Crippen MR) is 105 cm³/mol. The van der Waals surface area contributed by atoms with E-state index >= 15 is 0 Å². The number of aromatic carboxylic acids is 1. The minimum absolute atomic E-state index is 0. The van der Waals surface area contributed by atoms with Crippen LogP contribution in [0.25, 0.3) is 0 Å². The van der Waals surface area contributed by atoms with Gasteiger partial charge in [-0.3, -0.25) is 0 Å². The Balaban J connectivity index is 0.00000272. The van der Waals surface area contributed by atoms with Crippen molar-refractivity contribution in [3.8, 4) is 47.0 Å². The Hall–Kier alpha value is -3.35. The number of carbonyl (C=O) groups is 1. The van der Waals surface area contributed by atoms with E-state index in [4.69, 9.17) is 28.4 Å². The van der Waals surface area contributed by atoms with Gasteiger partial charge in [0.15, 0.2) is 0 Å². The van der Waals surface area contributed by atoms with Gasteiger partial charge in [0.25, 0.3) is 0 Å². The van der Waals surface area contributed by atoms with Crippen molar-refractivity contribution < 1.29 is 69.3 Å². The maximum atomic E-state index is 12.0. The van der Waals surface area contributed by atoms with Crippen molar-refractivity contribution in [1.29, 1.82) is 0 Å². The Labute approximate surface area is 206 Å². The van der Waals surface area contributed by atoms with Gasteiger partial charge in [0.2, 0.25) is 23.5 Å². The molecule has 0 amide bonds. The predicted octanol–water partition coefficient (Wildman–Crippen LogP) is -0.300. The minimum atomic E-state index is -1.32. The van der Waals surface area contributed by atoms with Gasteiger partial charge in [0.1, 0.15) is 17.1 Å². The van der Waals surface area contributed by atoms with Gasteiger partial charge in [-0.1, -0.05) is 6.07 Å². The molecular weight excluding hydrogens is 435 g/mol. The van der Waals surface area contributed by atoms with E-state index in [1.54, 1.807) is 0 Å². The molecule has 2 heterocycles. The number of ether oxygens (including phenoxy) is 6. The van der Waals surface area contributed by atoms with Crippen molar-refractivity contribution in [3.63, 3.8) is 0 Å². The monoisotopic (exact) mass is 454 g/mol. The van der Waals surface area contributed by atoms with Crippen molar-refractivity contribution in [2.75, 3.05) is 28.4 Å². The second-order valence-electron chi connectivity index (χ2n) is 5.61. The van der Waals surface area contributed by atoms with Crippen molar-refractivity contribution in [1.82, 2.24) is 19.9 Å². The van der Waals surface area contributed by atoms with E-state index < -0.39 is 5.97 Å². The topological polar surface area (TPSA) is 144 Å². The van der Waals surface area contributed by atoms with Crippen molar-refractivity contribution in [3.05, 3.63) is 35.9 Å². The number of hydrogen-bond donors (Lipinski definition) is 1. The Kier molecular flexibility index (Phi) is 8.81. The van der Waals surface area contributed by atoms with Crippen LogP contribution in [0.5, 0.6) is 47.0 Å². The van der Waals surface area contributed by atoms with Crippen LogP contribution in [0, 0.1) is 0 Å². The molecule has 2 aromatic heterocycles. The molecular formula is C19H19N4NaO8. The summed E-state index contributed by atoms with van der Waals surface area (Å²) < 4.78 is 31.4. The first kappa shape index (κ1) is 24.9. The first-order valence-electron chi connectivity index (χ1n) is 8.63. The second-order valence-corrected chi connectivity index (χ2v) is 5.61. The molecule has 0 aliphatic carbocycles. The Bertz CT molecular complexity index is 985. The number of benzene rings is 1. The fraction of sp³-hybridized carbons (Fsp3) is 0.211. The van der Waals surface area contributed by atoms with E-state index in [0.29, 0.717) is 0 Å². The SMILES string of the molecule is COc1cc(OC)nc(Oc2cccc(Oc3nc(OC)cc(OC)n3)c2C(=O)O)n1.[H-].[Na+]. The normalized spacial score (nSPS) is 9.88. The van der Waals surface area contributed by atoms with Crippen LogP contribution in [-0.2, 0) is 0 Å². The average molecular weight is 454 g/mol. The van der Waals surface area contributed by atoms with Crippen molar-refractivity contribution >= 4 is 5.97 Å². The number of nitrogens with zero attached hydrogens (tertiary/aromatic N) is 4. The largest absolute Gasteiger partial charge is 1.00 e. The van der Waals surface area contributed by atoms with Crippen LogP contribution >= 0.6 is 0 Å². The van der Waals surface area contributed by atoms with Gasteiger partial charge < -0.3 is 35.0 Å². The first-order valence-corrected chi connectivity index (χ1v) is 8.63. The molecule has 0 spiro atoms. The van der Waals surface area contributed by atoms with Gasteiger partial charge in [-0.15, -0.1) is 0 Å². The zero-order chi connectivity index (χ0) is 22.4. The van der Waals surface area contributed by atoms with Crippen molar-refractivity contribution in [2.24, 2.45) is 0 Å². The van der Waals surface area contributed by atoms with Crippen LogP contribution in [-0.4, -0.2) is 59.5 Å². The molecule has 0 aliphatic rings. The molecule has 13 heteroatoms. The Morgan fingerprint density at radius 2 is 1.09 bits per heavy atom. The third-order valence-electron chi connectivity index (χ3n) is 3.76. The van der Waals surface area contributed by atoms with Crippen LogP contribution in [0.2, 0.25) is 0 Å². The third-order valence-corrected chi connectivity index (χ3v) is 3.76. The number of aromatic nitrogens is 4.